The van der Waals surface area contributed by atoms with E-state index in [4.69, 9.17) is 4.42 Å². The van der Waals surface area contributed by atoms with E-state index in [1.807, 2.05) is 0 Å². The highest BCUT2D eigenvalue weighted by Gasteiger charge is 2.12. The lowest BCUT2D eigenvalue weighted by atomic mass is 10.0. The fraction of sp³-hybridized carbons (Fsp3) is 0.167. The Morgan fingerprint density at radius 3 is 2.67 bits per heavy atom. The molecule has 0 unspecified atom stereocenters. The molecule has 0 amide bonds. The Morgan fingerprint density at radius 2 is 2.07 bits per heavy atom. The Hall–Kier alpha value is -1.61. The van der Waals surface area contributed by atoms with Gasteiger partial charge >= 0.3 is 0 Å². The molecule has 0 aliphatic rings. The molecule has 2 nitrogen and oxygen atoms in total. The Balaban J connectivity index is 2.34. The van der Waals surface area contributed by atoms with Gasteiger partial charge in [-0.2, -0.15) is 0 Å². The van der Waals surface area contributed by atoms with Crippen LogP contribution < -0.4 is 0 Å². The number of furan rings is 1. The number of rotatable bonds is 2. The molecule has 0 aliphatic heterocycles. The van der Waals surface area contributed by atoms with Gasteiger partial charge in [0.15, 0.2) is 0 Å². The van der Waals surface area contributed by atoms with E-state index in [-0.39, 0.29) is 5.82 Å². The van der Waals surface area contributed by atoms with Crippen molar-refractivity contribution in [2.75, 3.05) is 0 Å². The number of hydrogen-bond donors (Lipinski definition) is 1. The molecule has 2 aromatic rings. The molecule has 0 bridgehead atoms. The lowest BCUT2D eigenvalue weighted by molar-refractivity contribution is 0.219. The minimum atomic E-state index is -0.761. The third kappa shape index (κ3) is 1.92. The first-order chi connectivity index (χ1) is 7.18. The molecule has 0 saturated carbocycles. The topological polar surface area (TPSA) is 33.4 Å². The van der Waals surface area contributed by atoms with Gasteiger partial charge in [-0.15, -0.1) is 0 Å². The smallest absolute Gasteiger partial charge is 0.126 e. The van der Waals surface area contributed by atoms with Crippen molar-refractivity contribution in [3.63, 3.8) is 0 Å². The molecule has 0 saturated heterocycles. The van der Waals surface area contributed by atoms with E-state index in [1.54, 1.807) is 25.1 Å². The van der Waals surface area contributed by atoms with Crippen molar-refractivity contribution in [1.82, 2.24) is 0 Å². The van der Waals surface area contributed by atoms with E-state index in [0.29, 0.717) is 16.7 Å². The highest BCUT2D eigenvalue weighted by molar-refractivity contribution is 5.31. The molecule has 15 heavy (non-hydrogen) atoms. The SMILES string of the molecule is Cc1cc([C@@H](O)c2ccoc2)ccc1F. The second-order valence-electron chi connectivity index (χ2n) is 3.47. The molecule has 1 heterocycles. The van der Waals surface area contributed by atoms with Crippen LogP contribution in [0.5, 0.6) is 0 Å². The van der Waals surface area contributed by atoms with Crippen LogP contribution in [-0.2, 0) is 0 Å². The largest absolute Gasteiger partial charge is 0.472 e. The summed E-state index contributed by atoms with van der Waals surface area (Å²) in [6, 6.07) is 6.24. The van der Waals surface area contributed by atoms with Gasteiger partial charge in [-0.05, 0) is 30.2 Å². The second-order valence-corrected chi connectivity index (χ2v) is 3.47. The molecule has 0 fully saturated rings. The number of aliphatic hydroxyl groups excluding tert-OH is 1. The summed E-state index contributed by atoms with van der Waals surface area (Å²) < 4.78 is 17.9. The van der Waals surface area contributed by atoms with Crippen molar-refractivity contribution in [2.24, 2.45) is 0 Å². The van der Waals surface area contributed by atoms with Gasteiger partial charge < -0.3 is 9.52 Å². The van der Waals surface area contributed by atoms with E-state index in [1.165, 1.54) is 18.6 Å². The van der Waals surface area contributed by atoms with Crippen LogP contribution >= 0.6 is 0 Å². The minimum absolute atomic E-state index is 0.266. The van der Waals surface area contributed by atoms with Gasteiger partial charge in [0.05, 0.1) is 12.5 Å². The van der Waals surface area contributed by atoms with E-state index in [9.17, 15) is 9.50 Å². The summed E-state index contributed by atoms with van der Waals surface area (Å²) in [7, 11) is 0. The third-order valence-electron chi connectivity index (χ3n) is 2.36. The van der Waals surface area contributed by atoms with Crippen molar-refractivity contribution < 1.29 is 13.9 Å². The lowest BCUT2D eigenvalue weighted by Gasteiger charge is -2.09. The van der Waals surface area contributed by atoms with Crippen LogP contribution in [0.4, 0.5) is 4.39 Å². The van der Waals surface area contributed by atoms with Crippen molar-refractivity contribution in [3.8, 4) is 0 Å². The van der Waals surface area contributed by atoms with Gasteiger partial charge in [-0.1, -0.05) is 12.1 Å². The third-order valence-corrected chi connectivity index (χ3v) is 2.36. The summed E-state index contributed by atoms with van der Waals surface area (Å²) in [6.07, 6.45) is 2.21. The van der Waals surface area contributed by atoms with Crippen molar-refractivity contribution in [1.29, 1.82) is 0 Å². The molecule has 0 aliphatic carbocycles. The number of hydrogen-bond acceptors (Lipinski definition) is 2. The maximum Gasteiger partial charge on any atom is 0.126 e. The average Bonchev–Trinajstić information content (AvgIpc) is 2.74. The van der Waals surface area contributed by atoms with Gasteiger partial charge in [-0.3, -0.25) is 0 Å². The molecular weight excluding hydrogens is 195 g/mol. The zero-order valence-corrected chi connectivity index (χ0v) is 8.27. The fourth-order valence-corrected chi connectivity index (χ4v) is 1.46. The predicted octanol–water partition coefficient (Wildman–Crippen LogP) is 2.81. The molecule has 3 heteroatoms. The van der Waals surface area contributed by atoms with Crippen molar-refractivity contribution >= 4 is 0 Å². The van der Waals surface area contributed by atoms with Crippen molar-refractivity contribution in [2.45, 2.75) is 13.0 Å². The first-order valence-corrected chi connectivity index (χ1v) is 4.64. The summed E-state index contributed by atoms with van der Waals surface area (Å²) in [5, 5.41) is 9.91. The van der Waals surface area contributed by atoms with Gasteiger partial charge in [0.25, 0.3) is 0 Å². The van der Waals surface area contributed by atoms with Crippen LogP contribution in [0.1, 0.15) is 22.8 Å². The highest BCUT2D eigenvalue weighted by atomic mass is 19.1. The molecule has 1 atom stereocenters. The van der Waals surface area contributed by atoms with Gasteiger partial charge in [0, 0.05) is 5.56 Å². The van der Waals surface area contributed by atoms with Gasteiger partial charge in [-0.25, -0.2) is 4.39 Å². The quantitative estimate of drug-likeness (QED) is 0.819. The monoisotopic (exact) mass is 206 g/mol. The molecule has 2 rings (SSSR count). The molecule has 1 aromatic heterocycles. The number of aliphatic hydroxyl groups is 1. The summed E-state index contributed by atoms with van der Waals surface area (Å²) in [6.45, 7) is 1.67. The zero-order chi connectivity index (χ0) is 10.8. The molecule has 1 N–H and O–H groups in total. The molecule has 0 radical (unpaired) electrons. The van der Waals surface area contributed by atoms with Crippen LogP contribution in [0.25, 0.3) is 0 Å². The number of benzene rings is 1. The maximum atomic E-state index is 13.0. The summed E-state index contributed by atoms with van der Waals surface area (Å²) in [5.74, 6) is -0.266. The summed E-state index contributed by atoms with van der Waals surface area (Å²) in [4.78, 5) is 0. The van der Waals surface area contributed by atoms with E-state index < -0.39 is 6.10 Å². The van der Waals surface area contributed by atoms with Gasteiger partial charge in [0.1, 0.15) is 11.9 Å². The zero-order valence-electron chi connectivity index (χ0n) is 8.27. The Labute approximate surface area is 87.0 Å². The molecule has 0 spiro atoms. The highest BCUT2D eigenvalue weighted by Crippen LogP contribution is 2.23. The first-order valence-electron chi connectivity index (χ1n) is 4.64. The standard InChI is InChI=1S/C12H11FO2/c1-8-6-9(2-3-11(8)13)12(14)10-4-5-15-7-10/h2-7,12,14H,1H3/t12-/m1/s1. The van der Waals surface area contributed by atoms with Crippen LogP contribution in [-0.4, -0.2) is 5.11 Å². The van der Waals surface area contributed by atoms with Crippen LogP contribution in [0.15, 0.2) is 41.2 Å². The average molecular weight is 206 g/mol. The van der Waals surface area contributed by atoms with Gasteiger partial charge in [0.2, 0.25) is 0 Å². The molecular formula is C12H11FO2. The predicted molar refractivity (Wildman–Crippen MR) is 53.9 cm³/mol. The first kappa shape index (κ1) is 9.93. The Kier molecular flexibility index (Phi) is 2.56. The Morgan fingerprint density at radius 1 is 1.27 bits per heavy atom. The summed E-state index contributed by atoms with van der Waals surface area (Å²) >= 11 is 0. The minimum Gasteiger partial charge on any atom is -0.472 e. The van der Waals surface area contributed by atoms with Crippen LogP contribution in [0.2, 0.25) is 0 Å². The van der Waals surface area contributed by atoms with E-state index >= 15 is 0 Å². The maximum absolute atomic E-state index is 13.0. The van der Waals surface area contributed by atoms with Crippen molar-refractivity contribution in [3.05, 3.63) is 59.3 Å². The second kappa shape index (κ2) is 3.87. The number of halogens is 1. The van der Waals surface area contributed by atoms with Crippen LogP contribution in [0.3, 0.4) is 0 Å². The van der Waals surface area contributed by atoms with E-state index in [2.05, 4.69) is 0 Å². The van der Waals surface area contributed by atoms with E-state index in [0.717, 1.165) is 0 Å². The molecule has 78 valence electrons. The lowest BCUT2D eigenvalue weighted by Crippen LogP contribution is -1.99. The normalized spacial score (nSPS) is 12.7. The summed E-state index contributed by atoms with van der Waals surface area (Å²) in [5.41, 5.74) is 1.85. The number of aryl methyl sites for hydroxylation is 1. The van der Waals surface area contributed by atoms with Crippen LogP contribution in [0, 0.1) is 12.7 Å². The fourth-order valence-electron chi connectivity index (χ4n) is 1.46. The molecule has 1 aromatic carbocycles. The Bertz CT molecular complexity index is 449.